The van der Waals surface area contributed by atoms with Gasteiger partial charge >= 0.3 is 0 Å². The van der Waals surface area contributed by atoms with Crippen molar-refractivity contribution < 1.29 is 0 Å². The average molecular weight is 339 g/mol. The summed E-state index contributed by atoms with van der Waals surface area (Å²) in [5.41, 5.74) is 7.93. The zero-order valence-electron chi connectivity index (χ0n) is 11.3. The second-order valence-electron chi connectivity index (χ2n) is 4.94. The molecule has 2 N–H and O–H groups in total. The van der Waals surface area contributed by atoms with Crippen LogP contribution in [0.5, 0.6) is 0 Å². The minimum Gasteiger partial charge on any atom is -0.399 e. The lowest BCUT2D eigenvalue weighted by Crippen LogP contribution is -2.30. The van der Waals surface area contributed by atoms with Crippen molar-refractivity contribution in [2.24, 2.45) is 0 Å². The van der Waals surface area contributed by atoms with Gasteiger partial charge in [0.15, 0.2) is 0 Å². The van der Waals surface area contributed by atoms with E-state index in [0.717, 1.165) is 23.1 Å². The Morgan fingerprint density at radius 2 is 2.16 bits per heavy atom. The molecule has 0 bridgehead atoms. The summed E-state index contributed by atoms with van der Waals surface area (Å²) >= 11 is 5.32. The first-order valence-electron chi connectivity index (χ1n) is 6.32. The van der Waals surface area contributed by atoms with Crippen LogP contribution in [0.15, 0.2) is 40.2 Å². The number of likely N-dealkylation sites (N-methyl/N-ethyl adjacent to an activating group) is 1. The summed E-state index contributed by atoms with van der Waals surface area (Å²) in [5, 5.41) is 2.14. The standard InChI is InChI=1S/C15H19BrN2S/c1-11(6-15-4-3-5-19-15)18(2)10-12-7-13(16)9-14(17)8-12/h3-5,7-9,11H,6,10,17H2,1-2H3. The molecule has 1 aromatic carbocycles. The lowest BCUT2D eigenvalue weighted by Gasteiger charge is -2.24. The molecule has 4 heteroatoms. The fraction of sp³-hybridized carbons (Fsp3) is 0.333. The van der Waals surface area contributed by atoms with Crippen LogP contribution in [0.3, 0.4) is 0 Å². The number of nitrogens with zero attached hydrogens (tertiary/aromatic N) is 1. The number of rotatable bonds is 5. The normalized spacial score (nSPS) is 12.8. The molecule has 1 aromatic heterocycles. The van der Waals surface area contributed by atoms with E-state index in [0.29, 0.717) is 6.04 Å². The van der Waals surface area contributed by atoms with Gasteiger partial charge in [-0.25, -0.2) is 0 Å². The Hall–Kier alpha value is -0.840. The predicted octanol–water partition coefficient (Wildman–Crippen LogP) is 4.16. The second kappa shape index (κ2) is 6.55. The summed E-state index contributed by atoms with van der Waals surface area (Å²) in [4.78, 5) is 3.80. The minimum absolute atomic E-state index is 0.513. The van der Waals surface area contributed by atoms with E-state index in [1.165, 1.54) is 10.4 Å². The van der Waals surface area contributed by atoms with Gasteiger partial charge in [-0.1, -0.05) is 22.0 Å². The molecule has 0 fully saturated rings. The van der Waals surface area contributed by atoms with Gasteiger partial charge in [0.1, 0.15) is 0 Å². The summed E-state index contributed by atoms with van der Waals surface area (Å²) in [6.45, 7) is 3.18. The zero-order valence-corrected chi connectivity index (χ0v) is 13.7. The molecule has 0 saturated heterocycles. The molecule has 1 atom stereocenters. The second-order valence-corrected chi connectivity index (χ2v) is 6.89. The number of hydrogen-bond acceptors (Lipinski definition) is 3. The molecule has 0 spiro atoms. The van der Waals surface area contributed by atoms with E-state index in [4.69, 9.17) is 5.73 Å². The van der Waals surface area contributed by atoms with Crippen molar-refractivity contribution >= 4 is 33.0 Å². The fourth-order valence-corrected chi connectivity index (χ4v) is 3.47. The Bertz CT molecular complexity index is 505. The highest BCUT2D eigenvalue weighted by atomic mass is 79.9. The smallest absolute Gasteiger partial charge is 0.0328 e. The maximum absolute atomic E-state index is 5.87. The van der Waals surface area contributed by atoms with Crippen molar-refractivity contribution in [3.8, 4) is 0 Å². The van der Waals surface area contributed by atoms with E-state index < -0.39 is 0 Å². The Morgan fingerprint density at radius 3 is 2.79 bits per heavy atom. The maximum Gasteiger partial charge on any atom is 0.0328 e. The van der Waals surface area contributed by atoms with Crippen LogP contribution in [-0.2, 0) is 13.0 Å². The maximum atomic E-state index is 5.87. The largest absolute Gasteiger partial charge is 0.399 e. The van der Waals surface area contributed by atoms with Crippen molar-refractivity contribution in [3.63, 3.8) is 0 Å². The first-order chi connectivity index (χ1) is 9.04. The van der Waals surface area contributed by atoms with Gasteiger partial charge < -0.3 is 5.73 Å². The monoisotopic (exact) mass is 338 g/mol. The van der Waals surface area contributed by atoms with Crippen molar-refractivity contribution in [2.45, 2.75) is 25.9 Å². The van der Waals surface area contributed by atoms with Crippen molar-refractivity contribution in [1.82, 2.24) is 4.90 Å². The molecular weight excluding hydrogens is 320 g/mol. The van der Waals surface area contributed by atoms with Gasteiger partial charge in [0.2, 0.25) is 0 Å². The van der Waals surface area contributed by atoms with E-state index in [1.807, 2.05) is 23.5 Å². The van der Waals surface area contributed by atoms with Gasteiger partial charge in [0.25, 0.3) is 0 Å². The average Bonchev–Trinajstić information content (AvgIpc) is 2.80. The van der Waals surface area contributed by atoms with Crippen LogP contribution < -0.4 is 5.73 Å². The molecule has 2 aromatic rings. The number of nitrogen functional groups attached to an aromatic ring is 1. The van der Waals surface area contributed by atoms with Crippen LogP contribution >= 0.6 is 27.3 Å². The molecular formula is C15H19BrN2S. The number of thiophene rings is 1. The predicted molar refractivity (Wildman–Crippen MR) is 87.5 cm³/mol. The molecule has 2 nitrogen and oxygen atoms in total. The molecule has 1 unspecified atom stereocenters. The fourth-order valence-electron chi connectivity index (χ4n) is 2.09. The van der Waals surface area contributed by atoms with Crippen molar-refractivity contribution in [1.29, 1.82) is 0 Å². The summed E-state index contributed by atoms with van der Waals surface area (Å²) in [6.07, 6.45) is 1.09. The number of benzene rings is 1. The number of hydrogen-bond donors (Lipinski definition) is 1. The highest BCUT2D eigenvalue weighted by Crippen LogP contribution is 2.20. The van der Waals surface area contributed by atoms with Crippen LogP contribution in [0.4, 0.5) is 5.69 Å². The highest BCUT2D eigenvalue weighted by molar-refractivity contribution is 9.10. The highest BCUT2D eigenvalue weighted by Gasteiger charge is 2.11. The van der Waals surface area contributed by atoms with Crippen LogP contribution in [0.1, 0.15) is 17.4 Å². The van der Waals surface area contributed by atoms with Crippen LogP contribution in [0.2, 0.25) is 0 Å². The Kier molecular flexibility index (Phi) is 5.02. The number of nitrogens with two attached hydrogens (primary N) is 1. The summed E-state index contributed by atoms with van der Waals surface area (Å²) in [7, 11) is 2.16. The Morgan fingerprint density at radius 1 is 1.37 bits per heavy atom. The molecule has 0 aliphatic heterocycles. The third kappa shape index (κ3) is 4.34. The molecule has 2 rings (SSSR count). The number of halogens is 1. The summed E-state index contributed by atoms with van der Waals surface area (Å²) in [5.74, 6) is 0. The molecule has 0 aliphatic carbocycles. The Labute approximate surface area is 127 Å². The molecule has 19 heavy (non-hydrogen) atoms. The molecule has 0 amide bonds. The molecule has 0 aliphatic rings. The third-order valence-electron chi connectivity index (χ3n) is 3.24. The lowest BCUT2D eigenvalue weighted by atomic mass is 10.1. The first-order valence-corrected chi connectivity index (χ1v) is 7.99. The summed E-state index contributed by atoms with van der Waals surface area (Å²) in [6, 6.07) is 10.9. The van der Waals surface area contributed by atoms with Gasteiger partial charge in [-0.15, -0.1) is 11.3 Å². The summed E-state index contributed by atoms with van der Waals surface area (Å²) < 4.78 is 1.04. The molecule has 0 saturated carbocycles. The van der Waals surface area contributed by atoms with Gasteiger partial charge in [-0.2, -0.15) is 0 Å². The zero-order chi connectivity index (χ0) is 13.8. The van der Waals surface area contributed by atoms with Gasteiger partial charge in [-0.3, -0.25) is 4.90 Å². The number of anilines is 1. The Balaban J connectivity index is 1.97. The minimum atomic E-state index is 0.513. The van der Waals surface area contributed by atoms with E-state index in [2.05, 4.69) is 58.4 Å². The SMILES string of the molecule is CC(Cc1cccs1)N(C)Cc1cc(N)cc(Br)c1. The van der Waals surface area contributed by atoms with Crippen LogP contribution in [-0.4, -0.2) is 18.0 Å². The van der Waals surface area contributed by atoms with E-state index in [9.17, 15) is 0 Å². The van der Waals surface area contributed by atoms with Crippen molar-refractivity contribution in [3.05, 3.63) is 50.6 Å². The van der Waals surface area contributed by atoms with E-state index in [-0.39, 0.29) is 0 Å². The van der Waals surface area contributed by atoms with E-state index in [1.54, 1.807) is 0 Å². The molecule has 1 heterocycles. The van der Waals surface area contributed by atoms with Crippen molar-refractivity contribution in [2.75, 3.05) is 12.8 Å². The molecule has 102 valence electrons. The first kappa shape index (κ1) is 14.6. The molecule has 0 radical (unpaired) electrons. The lowest BCUT2D eigenvalue weighted by molar-refractivity contribution is 0.249. The topological polar surface area (TPSA) is 29.3 Å². The van der Waals surface area contributed by atoms with E-state index >= 15 is 0 Å². The van der Waals surface area contributed by atoms with Crippen LogP contribution in [0.25, 0.3) is 0 Å². The quantitative estimate of drug-likeness (QED) is 0.829. The van der Waals surface area contributed by atoms with Gasteiger partial charge in [0.05, 0.1) is 0 Å². The van der Waals surface area contributed by atoms with Crippen LogP contribution in [0, 0.1) is 0 Å². The third-order valence-corrected chi connectivity index (χ3v) is 4.60. The van der Waals surface area contributed by atoms with Gasteiger partial charge in [-0.05, 0) is 55.6 Å². The van der Waals surface area contributed by atoms with Gasteiger partial charge in [0, 0.05) is 27.6 Å².